The number of hydrogen-bond acceptors (Lipinski definition) is 4. The van der Waals surface area contributed by atoms with E-state index in [1.165, 1.54) is 0 Å². The Bertz CT molecular complexity index is 461. The van der Waals surface area contributed by atoms with Gasteiger partial charge in [-0.15, -0.1) is 0 Å². The standard InChI is InChI=1S/C10H12N4S/c1-14-10(15-2)12-9(13-14)7-3-5-8(11)6-4-7/h3-6H,11H2,1-2H3. The molecule has 1 heterocycles. The van der Waals surface area contributed by atoms with E-state index < -0.39 is 0 Å². The van der Waals surface area contributed by atoms with Crippen LogP contribution in [0.15, 0.2) is 29.4 Å². The Morgan fingerprint density at radius 2 is 1.93 bits per heavy atom. The number of rotatable bonds is 2. The highest BCUT2D eigenvalue weighted by molar-refractivity contribution is 7.98. The van der Waals surface area contributed by atoms with Gasteiger partial charge in [-0.1, -0.05) is 11.8 Å². The van der Waals surface area contributed by atoms with Crippen LogP contribution < -0.4 is 5.73 Å². The fraction of sp³-hybridized carbons (Fsp3) is 0.200. The van der Waals surface area contributed by atoms with Crippen LogP contribution in [-0.2, 0) is 7.05 Å². The molecule has 2 rings (SSSR count). The number of anilines is 1. The van der Waals surface area contributed by atoms with E-state index in [0.29, 0.717) is 0 Å². The lowest BCUT2D eigenvalue weighted by molar-refractivity contribution is 0.687. The minimum atomic E-state index is 0.738. The number of hydrogen-bond donors (Lipinski definition) is 1. The quantitative estimate of drug-likeness (QED) is 0.619. The minimum absolute atomic E-state index is 0.738. The van der Waals surface area contributed by atoms with E-state index in [1.54, 1.807) is 16.4 Å². The summed E-state index contributed by atoms with van der Waals surface area (Å²) in [5.74, 6) is 0.738. The van der Waals surface area contributed by atoms with Crippen molar-refractivity contribution in [3.63, 3.8) is 0 Å². The number of thioether (sulfide) groups is 1. The van der Waals surface area contributed by atoms with Gasteiger partial charge in [-0.2, -0.15) is 5.10 Å². The van der Waals surface area contributed by atoms with Crippen molar-refractivity contribution < 1.29 is 0 Å². The predicted molar refractivity (Wildman–Crippen MR) is 62.6 cm³/mol. The maximum atomic E-state index is 5.62. The molecular formula is C10H12N4S. The molecule has 78 valence electrons. The van der Waals surface area contributed by atoms with Gasteiger partial charge in [0.15, 0.2) is 11.0 Å². The van der Waals surface area contributed by atoms with E-state index in [1.807, 2.05) is 37.6 Å². The maximum Gasteiger partial charge on any atom is 0.186 e. The second-order valence-corrected chi connectivity index (χ2v) is 3.94. The van der Waals surface area contributed by atoms with Crippen molar-refractivity contribution in [1.82, 2.24) is 14.8 Å². The Morgan fingerprint density at radius 3 is 2.47 bits per heavy atom. The zero-order valence-corrected chi connectivity index (χ0v) is 9.45. The minimum Gasteiger partial charge on any atom is -0.399 e. The molecule has 0 spiro atoms. The number of aromatic nitrogens is 3. The zero-order chi connectivity index (χ0) is 10.8. The fourth-order valence-electron chi connectivity index (χ4n) is 1.30. The molecule has 0 aliphatic rings. The van der Waals surface area contributed by atoms with Crippen LogP contribution >= 0.6 is 11.8 Å². The molecule has 1 aromatic carbocycles. The summed E-state index contributed by atoms with van der Waals surface area (Å²) in [6.07, 6.45) is 1.98. The topological polar surface area (TPSA) is 56.7 Å². The van der Waals surface area contributed by atoms with Gasteiger partial charge in [0.2, 0.25) is 0 Å². The second kappa shape index (κ2) is 3.94. The van der Waals surface area contributed by atoms with E-state index >= 15 is 0 Å². The van der Waals surface area contributed by atoms with Crippen LogP contribution in [0.1, 0.15) is 0 Å². The van der Waals surface area contributed by atoms with Gasteiger partial charge < -0.3 is 5.73 Å². The smallest absolute Gasteiger partial charge is 0.186 e. The van der Waals surface area contributed by atoms with Gasteiger partial charge in [0, 0.05) is 18.3 Å². The first-order valence-electron chi connectivity index (χ1n) is 4.51. The number of benzene rings is 1. The van der Waals surface area contributed by atoms with Crippen LogP contribution in [-0.4, -0.2) is 21.0 Å². The van der Waals surface area contributed by atoms with E-state index in [-0.39, 0.29) is 0 Å². The lowest BCUT2D eigenvalue weighted by atomic mass is 10.2. The van der Waals surface area contributed by atoms with Crippen molar-refractivity contribution >= 4 is 17.4 Å². The van der Waals surface area contributed by atoms with Crippen molar-refractivity contribution in [2.45, 2.75) is 5.16 Å². The third-order valence-electron chi connectivity index (χ3n) is 2.07. The number of nitrogens with two attached hydrogens (primary N) is 1. The number of nitrogen functional groups attached to an aromatic ring is 1. The van der Waals surface area contributed by atoms with Gasteiger partial charge in [-0.05, 0) is 30.5 Å². The molecule has 15 heavy (non-hydrogen) atoms. The molecule has 2 aromatic rings. The molecule has 0 saturated carbocycles. The monoisotopic (exact) mass is 220 g/mol. The molecular weight excluding hydrogens is 208 g/mol. The molecule has 0 amide bonds. The van der Waals surface area contributed by atoms with Crippen molar-refractivity contribution in [2.75, 3.05) is 12.0 Å². The van der Waals surface area contributed by atoms with Crippen LogP contribution in [0.4, 0.5) is 5.69 Å². The Kier molecular flexibility index (Phi) is 2.64. The molecule has 0 atom stereocenters. The highest BCUT2D eigenvalue weighted by Gasteiger charge is 2.07. The summed E-state index contributed by atoms with van der Waals surface area (Å²) < 4.78 is 1.77. The molecule has 1 aromatic heterocycles. The fourth-order valence-corrected chi connectivity index (χ4v) is 1.79. The molecule has 0 fully saturated rings. The summed E-state index contributed by atoms with van der Waals surface area (Å²) in [7, 11) is 1.89. The van der Waals surface area contributed by atoms with Crippen molar-refractivity contribution in [1.29, 1.82) is 0 Å². The summed E-state index contributed by atoms with van der Waals surface area (Å²) in [6, 6.07) is 7.55. The van der Waals surface area contributed by atoms with Crippen LogP contribution in [0.2, 0.25) is 0 Å². The molecule has 0 unspecified atom stereocenters. The van der Waals surface area contributed by atoms with Crippen LogP contribution in [0.3, 0.4) is 0 Å². The Hall–Kier alpha value is -1.49. The van der Waals surface area contributed by atoms with Crippen molar-refractivity contribution in [3.8, 4) is 11.4 Å². The Labute approximate surface area is 92.5 Å². The molecule has 0 radical (unpaired) electrons. The second-order valence-electron chi connectivity index (χ2n) is 3.17. The summed E-state index contributed by atoms with van der Waals surface area (Å²) in [5, 5.41) is 5.23. The van der Waals surface area contributed by atoms with E-state index in [9.17, 15) is 0 Å². The first-order valence-corrected chi connectivity index (χ1v) is 5.74. The van der Waals surface area contributed by atoms with Crippen LogP contribution in [0.5, 0.6) is 0 Å². The summed E-state index contributed by atoms with van der Waals surface area (Å²) in [4.78, 5) is 4.40. The van der Waals surface area contributed by atoms with Gasteiger partial charge in [0.1, 0.15) is 0 Å². The van der Waals surface area contributed by atoms with Crippen molar-refractivity contribution in [2.24, 2.45) is 7.05 Å². The third kappa shape index (κ3) is 1.97. The van der Waals surface area contributed by atoms with Crippen LogP contribution in [0.25, 0.3) is 11.4 Å². The normalized spacial score (nSPS) is 10.5. The highest BCUT2D eigenvalue weighted by atomic mass is 32.2. The van der Waals surface area contributed by atoms with E-state index in [0.717, 1.165) is 22.2 Å². The lowest BCUT2D eigenvalue weighted by Crippen LogP contribution is -1.91. The zero-order valence-electron chi connectivity index (χ0n) is 8.64. The summed E-state index contributed by atoms with van der Waals surface area (Å²) >= 11 is 1.58. The SMILES string of the molecule is CSc1nc(-c2ccc(N)cc2)nn1C. The summed E-state index contributed by atoms with van der Waals surface area (Å²) in [5.41, 5.74) is 7.35. The van der Waals surface area contributed by atoms with E-state index in [4.69, 9.17) is 5.73 Å². The third-order valence-corrected chi connectivity index (χ3v) is 2.80. The highest BCUT2D eigenvalue weighted by Crippen LogP contribution is 2.20. The lowest BCUT2D eigenvalue weighted by Gasteiger charge is -1.95. The van der Waals surface area contributed by atoms with Crippen LogP contribution in [0, 0.1) is 0 Å². The first-order chi connectivity index (χ1) is 7.20. The number of aryl methyl sites for hydroxylation is 1. The average molecular weight is 220 g/mol. The maximum absolute atomic E-state index is 5.62. The average Bonchev–Trinajstić information content (AvgIpc) is 2.61. The molecule has 0 bridgehead atoms. The molecule has 0 aliphatic heterocycles. The largest absolute Gasteiger partial charge is 0.399 e. The molecule has 2 N–H and O–H groups in total. The van der Waals surface area contributed by atoms with Gasteiger partial charge in [0.25, 0.3) is 0 Å². The molecule has 5 heteroatoms. The molecule has 0 saturated heterocycles. The summed E-state index contributed by atoms with van der Waals surface area (Å²) in [6.45, 7) is 0. The van der Waals surface area contributed by atoms with Crippen molar-refractivity contribution in [3.05, 3.63) is 24.3 Å². The predicted octanol–water partition coefficient (Wildman–Crippen LogP) is 1.79. The Balaban J connectivity index is 2.41. The van der Waals surface area contributed by atoms with Gasteiger partial charge >= 0.3 is 0 Å². The Morgan fingerprint density at radius 1 is 1.27 bits per heavy atom. The molecule has 4 nitrogen and oxygen atoms in total. The van der Waals surface area contributed by atoms with E-state index in [2.05, 4.69) is 10.1 Å². The first kappa shape index (κ1) is 10.0. The van der Waals surface area contributed by atoms with Gasteiger partial charge in [0.05, 0.1) is 0 Å². The molecule has 0 aliphatic carbocycles. The van der Waals surface area contributed by atoms with Gasteiger partial charge in [-0.25, -0.2) is 9.67 Å². The number of nitrogens with zero attached hydrogens (tertiary/aromatic N) is 3. The van der Waals surface area contributed by atoms with Gasteiger partial charge in [-0.3, -0.25) is 0 Å².